The fraction of sp³-hybridized carbons (Fsp3) is 0.946. The third kappa shape index (κ3) is 6.62. The molecule has 254 valence electrons. The summed E-state index contributed by atoms with van der Waals surface area (Å²) in [7, 11) is 0. The third-order valence-electron chi connectivity index (χ3n) is 14.7. The van der Waals surface area contributed by atoms with Crippen LogP contribution >= 0.6 is 0 Å². The molecule has 0 spiro atoms. The lowest BCUT2D eigenvalue weighted by molar-refractivity contribution is -0.207. The normalized spacial score (nSPS) is 48.1. The fourth-order valence-corrected chi connectivity index (χ4v) is 12.1. The van der Waals surface area contributed by atoms with Crippen LogP contribution < -0.4 is 0 Å². The number of hydrogen-bond acceptors (Lipinski definition) is 8. The summed E-state index contributed by atoms with van der Waals surface area (Å²) in [5, 5.41) is 26.2. The number of carbonyl (C=O) groups is 2. The maximum Gasteiger partial charge on any atom is 0.344 e. The zero-order valence-corrected chi connectivity index (χ0v) is 28.2. The van der Waals surface area contributed by atoms with Gasteiger partial charge in [0, 0.05) is 6.42 Å². The Morgan fingerprint density at radius 3 is 2.22 bits per heavy atom. The van der Waals surface area contributed by atoms with E-state index in [0.717, 1.165) is 76.0 Å². The molecule has 8 heteroatoms. The van der Waals surface area contributed by atoms with Gasteiger partial charge in [-0.1, -0.05) is 32.4 Å². The number of hydrogen-bond donors (Lipinski definition) is 2. The Balaban J connectivity index is 0.993. The first-order valence-electron chi connectivity index (χ1n) is 18.5. The first-order chi connectivity index (χ1) is 21.4. The third-order valence-corrected chi connectivity index (χ3v) is 14.7. The first kappa shape index (κ1) is 33.4. The summed E-state index contributed by atoms with van der Waals surface area (Å²) in [6, 6.07) is -0.154. The molecule has 4 bridgehead atoms. The van der Waals surface area contributed by atoms with Crippen LogP contribution in [0.4, 0.5) is 0 Å². The minimum atomic E-state index is -0.465. The van der Waals surface area contributed by atoms with Crippen molar-refractivity contribution in [1.29, 1.82) is 0 Å². The van der Waals surface area contributed by atoms with Gasteiger partial charge in [-0.15, -0.1) is 0 Å². The molecule has 7 saturated carbocycles. The molecule has 7 rings (SSSR count). The monoisotopic (exact) mass is 629 g/mol. The van der Waals surface area contributed by atoms with Crippen LogP contribution in [0.3, 0.4) is 0 Å². The minimum Gasteiger partial charge on any atom is -0.456 e. The van der Waals surface area contributed by atoms with Gasteiger partial charge in [-0.3, -0.25) is 4.79 Å². The topological polar surface area (TPSA) is 122 Å². The number of carbonyl (C=O) groups excluding carboxylic acids is 2. The molecule has 0 saturated heterocycles. The van der Waals surface area contributed by atoms with Gasteiger partial charge in [-0.05, 0) is 155 Å². The van der Waals surface area contributed by atoms with E-state index in [2.05, 4.69) is 32.9 Å². The van der Waals surface area contributed by atoms with Gasteiger partial charge < -0.3 is 19.7 Å². The maximum absolute atomic E-state index is 12.8. The molecule has 0 aliphatic heterocycles. The van der Waals surface area contributed by atoms with Crippen molar-refractivity contribution in [2.75, 3.05) is 6.61 Å². The Morgan fingerprint density at radius 2 is 1.56 bits per heavy atom. The van der Waals surface area contributed by atoms with Crippen molar-refractivity contribution in [2.45, 2.75) is 148 Å². The molecule has 0 aromatic rings. The van der Waals surface area contributed by atoms with Gasteiger partial charge in [-0.2, -0.15) is 4.91 Å². The van der Waals surface area contributed by atoms with Gasteiger partial charge >= 0.3 is 11.9 Å². The van der Waals surface area contributed by atoms with Gasteiger partial charge in [-0.25, -0.2) is 4.79 Å². The van der Waals surface area contributed by atoms with E-state index in [-0.39, 0.29) is 60.0 Å². The van der Waals surface area contributed by atoms with Crippen LogP contribution in [0.1, 0.15) is 124 Å². The van der Waals surface area contributed by atoms with Crippen LogP contribution in [0.25, 0.3) is 0 Å². The molecule has 0 heterocycles. The molecule has 0 amide bonds. The number of rotatable bonds is 8. The number of ether oxygens (including phenoxy) is 2. The summed E-state index contributed by atoms with van der Waals surface area (Å²) < 4.78 is 11.5. The summed E-state index contributed by atoms with van der Waals surface area (Å²) in [5.74, 6) is 3.13. The Kier molecular flexibility index (Phi) is 9.76. The van der Waals surface area contributed by atoms with Gasteiger partial charge in [0.25, 0.3) is 0 Å². The first-order valence-corrected chi connectivity index (χ1v) is 18.5. The molecular formula is C37H59NO7. The predicted octanol–water partition coefficient (Wildman–Crippen LogP) is 6.83. The van der Waals surface area contributed by atoms with E-state index in [1.807, 2.05) is 0 Å². The quantitative estimate of drug-likeness (QED) is 0.223. The van der Waals surface area contributed by atoms with Crippen LogP contribution in [0, 0.1) is 69.5 Å². The van der Waals surface area contributed by atoms with Crippen molar-refractivity contribution < 1.29 is 29.3 Å². The molecule has 2 N–H and O–H groups in total. The average molecular weight is 630 g/mol. The van der Waals surface area contributed by atoms with E-state index >= 15 is 0 Å². The van der Waals surface area contributed by atoms with Crippen molar-refractivity contribution in [2.24, 2.45) is 69.8 Å². The Labute approximate surface area is 270 Å². The molecule has 7 aliphatic rings. The molecule has 0 radical (unpaired) electrons. The predicted molar refractivity (Wildman–Crippen MR) is 171 cm³/mol. The second-order valence-corrected chi connectivity index (χ2v) is 17.3. The zero-order chi connectivity index (χ0) is 32.1. The number of aliphatic hydroxyl groups excluding tert-OH is 2. The Bertz CT molecular complexity index is 1070. The fourth-order valence-electron chi connectivity index (χ4n) is 12.1. The lowest BCUT2D eigenvalue weighted by atomic mass is 9.48. The molecule has 8 nitrogen and oxygen atoms in total. The minimum absolute atomic E-state index is 0.00419. The SMILES string of the molecule is CC(CCC(=O)OCC(=O)OC1(C)C2CC3CC(C2)CC1C3)C1CCC(C)C2C(O)CC3CC(N=O)CCC3(C)C2CC(O)C1. The lowest BCUT2D eigenvalue weighted by Gasteiger charge is -2.59. The van der Waals surface area contributed by atoms with Crippen LogP contribution in [0.2, 0.25) is 0 Å². The second-order valence-electron chi connectivity index (χ2n) is 17.3. The van der Waals surface area contributed by atoms with E-state index < -0.39 is 23.8 Å². The molecule has 7 aliphatic carbocycles. The van der Waals surface area contributed by atoms with E-state index in [1.54, 1.807) is 0 Å². The molecule has 10 atom stereocenters. The standard InChI is InChI=1S/C37H59NO7/c1-21(6-8-33(41)44-20-34(42)45-37(4)27-12-23-11-24(14-27)15-28(37)13-23)25-7-5-22(2)35-31(19-30(39)16-25)36(3)10-9-29(38-43)17-26(36)18-32(35)40/h21-32,35,39-40H,5-20H2,1-4H3. The number of esters is 2. The Morgan fingerprint density at radius 1 is 0.867 bits per heavy atom. The summed E-state index contributed by atoms with van der Waals surface area (Å²) >= 11 is 0. The van der Waals surface area contributed by atoms with Crippen molar-refractivity contribution >= 4 is 11.9 Å². The molecular weight excluding hydrogens is 570 g/mol. The summed E-state index contributed by atoms with van der Waals surface area (Å²) in [5.41, 5.74) is -0.414. The van der Waals surface area contributed by atoms with E-state index in [4.69, 9.17) is 9.47 Å². The highest BCUT2D eigenvalue weighted by atomic mass is 16.6. The van der Waals surface area contributed by atoms with Crippen molar-refractivity contribution in [1.82, 2.24) is 0 Å². The molecule has 10 unspecified atom stereocenters. The van der Waals surface area contributed by atoms with Gasteiger partial charge in [0.1, 0.15) is 5.60 Å². The van der Waals surface area contributed by atoms with Crippen LogP contribution in [-0.2, 0) is 19.1 Å². The summed E-state index contributed by atoms with van der Waals surface area (Å²) in [4.78, 5) is 36.9. The smallest absolute Gasteiger partial charge is 0.344 e. The highest BCUT2D eigenvalue weighted by Crippen LogP contribution is 2.60. The molecule has 7 fully saturated rings. The maximum atomic E-state index is 12.8. The van der Waals surface area contributed by atoms with Crippen LogP contribution in [-0.4, -0.2) is 52.6 Å². The van der Waals surface area contributed by atoms with Gasteiger partial charge in [0.05, 0.1) is 18.2 Å². The number of nitrogens with zero attached hydrogens (tertiary/aromatic N) is 1. The highest BCUT2D eigenvalue weighted by Gasteiger charge is 2.57. The second kappa shape index (κ2) is 13.2. The lowest BCUT2D eigenvalue weighted by Crippen LogP contribution is -2.58. The number of aliphatic hydroxyl groups is 2. The molecule has 0 aromatic carbocycles. The van der Waals surface area contributed by atoms with E-state index in [9.17, 15) is 24.7 Å². The van der Waals surface area contributed by atoms with Gasteiger partial charge in [0.15, 0.2) is 6.61 Å². The Hall–Kier alpha value is -1.54. The number of fused-ring (bicyclic) bond motifs is 3. The van der Waals surface area contributed by atoms with E-state index in [1.165, 1.54) is 6.42 Å². The van der Waals surface area contributed by atoms with Crippen LogP contribution in [0.5, 0.6) is 0 Å². The molecule has 0 aromatic heterocycles. The van der Waals surface area contributed by atoms with E-state index in [0.29, 0.717) is 37.0 Å². The number of nitroso groups, excluding NO2 is 1. The molecule has 45 heavy (non-hydrogen) atoms. The average Bonchev–Trinajstić information content (AvgIpc) is 3.06. The van der Waals surface area contributed by atoms with Gasteiger partial charge in [0.2, 0.25) is 0 Å². The van der Waals surface area contributed by atoms with Crippen LogP contribution in [0.15, 0.2) is 5.18 Å². The van der Waals surface area contributed by atoms with Crippen molar-refractivity contribution in [3.63, 3.8) is 0 Å². The summed E-state index contributed by atoms with van der Waals surface area (Å²) in [6.45, 7) is 8.57. The van der Waals surface area contributed by atoms with Crippen molar-refractivity contribution in [3.8, 4) is 0 Å². The highest BCUT2D eigenvalue weighted by molar-refractivity contribution is 5.76. The zero-order valence-electron chi connectivity index (χ0n) is 28.2. The largest absolute Gasteiger partial charge is 0.456 e. The summed E-state index contributed by atoms with van der Waals surface area (Å²) in [6.07, 6.45) is 12.5. The van der Waals surface area contributed by atoms with Crippen molar-refractivity contribution in [3.05, 3.63) is 4.91 Å².